The summed E-state index contributed by atoms with van der Waals surface area (Å²) in [6.45, 7) is 7.84. The van der Waals surface area contributed by atoms with Gasteiger partial charge in [-0.15, -0.1) is 0 Å². The van der Waals surface area contributed by atoms with Crippen molar-refractivity contribution in [2.24, 2.45) is 5.92 Å². The fraction of sp³-hybridized carbons (Fsp3) is 0.400. The Morgan fingerprint density at radius 2 is 2.11 bits per heavy atom. The molecule has 1 aromatic rings. The Balaban J connectivity index is 2.84. The van der Waals surface area contributed by atoms with E-state index >= 15 is 0 Å². The summed E-state index contributed by atoms with van der Waals surface area (Å²) >= 11 is 0. The molecule has 0 bridgehead atoms. The summed E-state index contributed by atoms with van der Waals surface area (Å²) in [5, 5.41) is 0. The van der Waals surface area contributed by atoms with Crippen LogP contribution in [-0.4, -0.2) is 19.5 Å². The van der Waals surface area contributed by atoms with Crippen LogP contribution in [0.3, 0.4) is 0 Å². The van der Waals surface area contributed by atoms with E-state index in [0.29, 0.717) is 24.5 Å². The fourth-order valence-electron chi connectivity index (χ4n) is 1.50. The molecular weight excluding hydrogens is 228 g/mol. The molecule has 0 atom stereocenters. The van der Waals surface area contributed by atoms with E-state index in [0.717, 1.165) is 5.56 Å². The van der Waals surface area contributed by atoms with Crippen LogP contribution < -0.4 is 9.47 Å². The molecule has 0 fully saturated rings. The van der Waals surface area contributed by atoms with Gasteiger partial charge < -0.3 is 9.47 Å². The highest BCUT2D eigenvalue weighted by Crippen LogP contribution is 2.28. The zero-order chi connectivity index (χ0) is 13.5. The van der Waals surface area contributed by atoms with Gasteiger partial charge in [0.05, 0.1) is 7.11 Å². The van der Waals surface area contributed by atoms with Crippen molar-refractivity contribution in [3.8, 4) is 11.5 Å². The number of benzene rings is 1. The fourth-order valence-corrected chi connectivity index (χ4v) is 1.50. The Hall–Kier alpha value is -1.77. The molecular formula is C15H20O3. The number of hydrogen-bond donors (Lipinski definition) is 0. The Kier molecular flexibility index (Phi) is 5.43. The predicted molar refractivity (Wildman–Crippen MR) is 72.2 cm³/mol. The number of hydrogen-bond acceptors (Lipinski definition) is 3. The molecule has 0 spiro atoms. The minimum atomic E-state index is 0.0488. The Bertz CT molecular complexity index is 422. The number of ether oxygens (including phenoxy) is 2. The third-order valence-corrected chi connectivity index (χ3v) is 2.61. The summed E-state index contributed by atoms with van der Waals surface area (Å²) in [6, 6.07) is 5.56. The molecule has 0 heterocycles. The zero-order valence-electron chi connectivity index (χ0n) is 11.2. The molecule has 0 aliphatic heterocycles. The molecule has 0 saturated carbocycles. The molecule has 3 heteroatoms. The van der Waals surface area contributed by atoms with Crippen LogP contribution in [0.5, 0.6) is 11.5 Å². The maximum absolute atomic E-state index is 11.7. The summed E-state index contributed by atoms with van der Waals surface area (Å²) in [6.07, 6.45) is 2.10. The smallest absolute Gasteiger partial charge is 0.161 e. The summed E-state index contributed by atoms with van der Waals surface area (Å²) in [5.74, 6) is 1.58. The second-order valence-corrected chi connectivity index (χ2v) is 4.38. The van der Waals surface area contributed by atoms with Gasteiger partial charge in [-0.1, -0.05) is 32.6 Å². The first kappa shape index (κ1) is 14.3. The Morgan fingerprint density at radius 3 is 2.67 bits per heavy atom. The van der Waals surface area contributed by atoms with Gasteiger partial charge >= 0.3 is 0 Å². The molecule has 0 aliphatic carbocycles. The molecule has 0 N–H and O–H groups in total. The van der Waals surface area contributed by atoms with Gasteiger partial charge in [-0.3, -0.25) is 4.79 Å². The minimum absolute atomic E-state index is 0.0488. The number of rotatable bonds is 7. The van der Waals surface area contributed by atoms with Crippen LogP contribution in [-0.2, 0) is 11.2 Å². The van der Waals surface area contributed by atoms with Crippen LogP contribution in [0.25, 0.3) is 0 Å². The largest absolute Gasteiger partial charge is 0.493 e. The normalized spacial score (nSPS) is 10.2. The number of carbonyl (C=O) groups excluding carboxylic acids is 1. The molecule has 1 aromatic carbocycles. The van der Waals surface area contributed by atoms with Gasteiger partial charge in [0.2, 0.25) is 0 Å². The van der Waals surface area contributed by atoms with Crippen LogP contribution in [0.4, 0.5) is 0 Å². The van der Waals surface area contributed by atoms with Crippen LogP contribution in [0.2, 0.25) is 0 Å². The Morgan fingerprint density at radius 1 is 1.39 bits per heavy atom. The summed E-state index contributed by atoms with van der Waals surface area (Å²) in [5.41, 5.74) is 0.941. The molecule has 0 saturated heterocycles. The third kappa shape index (κ3) is 3.91. The average Bonchev–Trinajstić information content (AvgIpc) is 2.36. The lowest BCUT2D eigenvalue weighted by Crippen LogP contribution is -2.10. The lowest BCUT2D eigenvalue weighted by atomic mass is 10.0. The van der Waals surface area contributed by atoms with Crippen LogP contribution in [0.1, 0.15) is 19.4 Å². The predicted octanol–water partition coefficient (Wildman–Crippen LogP) is 3.03. The van der Waals surface area contributed by atoms with Crippen LogP contribution in [0, 0.1) is 5.92 Å². The maximum Gasteiger partial charge on any atom is 0.161 e. The SMILES string of the molecule is C=CCOc1ccc(CC(=O)C(C)C)cc1OC. The molecule has 0 aliphatic rings. The Labute approximate surface area is 108 Å². The first-order chi connectivity index (χ1) is 8.58. The third-order valence-electron chi connectivity index (χ3n) is 2.61. The second kappa shape index (κ2) is 6.84. The number of Topliss-reactive ketones (excluding diaryl/α,β-unsaturated/α-hetero) is 1. The van der Waals surface area contributed by atoms with Crippen molar-refractivity contribution in [2.45, 2.75) is 20.3 Å². The topological polar surface area (TPSA) is 35.5 Å². The highest BCUT2D eigenvalue weighted by atomic mass is 16.5. The average molecular weight is 248 g/mol. The van der Waals surface area contributed by atoms with E-state index in [2.05, 4.69) is 6.58 Å². The molecule has 0 unspecified atom stereocenters. The molecule has 98 valence electrons. The second-order valence-electron chi connectivity index (χ2n) is 4.38. The minimum Gasteiger partial charge on any atom is -0.493 e. The van der Waals surface area contributed by atoms with Crippen molar-refractivity contribution in [3.05, 3.63) is 36.4 Å². The van der Waals surface area contributed by atoms with Crippen molar-refractivity contribution in [3.63, 3.8) is 0 Å². The first-order valence-corrected chi connectivity index (χ1v) is 6.01. The molecule has 3 nitrogen and oxygen atoms in total. The molecule has 0 radical (unpaired) electrons. The summed E-state index contributed by atoms with van der Waals surface area (Å²) in [7, 11) is 1.59. The van der Waals surface area contributed by atoms with E-state index in [4.69, 9.17) is 9.47 Å². The summed E-state index contributed by atoms with van der Waals surface area (Å²) in [4.78, 5) is 11.7. The highest BCUT2D eigenvalue weighted by Gasteiger charge is 2.11. The molecule has 0 amide bonds. The lowest BCUT2D eigenvalue weighted by molar-refractivity contribution is -0.121. The first-order valence-electron chi connectivity index (χ1n) is 6.01. The van der Waals surface area contributed by atoms with E-state index in [1.54, 1.807) is 13.2 Å². The molecule has 1 rings (SSSR count). The number of carbonyl (C=O) groups is 1. The zero-order valence-corrected chi connectivity index (χ0v) is 11.2. The van der Waals surface area contributed by atoms with Gasteiger partial charge in [0.15, 0.2) is 11.5 Å². The van der Waals surface area contributed by atoms with Gasteiger partial charge in [0.1, 0.15) is 12.4 Å². The summed E-state index contributed by atoms with van der Waals surface area (Å²) < 4.78 is 10.7. The number of ketones is 1. The van der Waals surface area contributed by atoms with Gasteiger partial charge in [-0.25, -0.2) is 0 Å². The lowest BCUT2D eigenvalue weighted by Gasteiger charge is -2.11. The van der Waals surface area contributed by atoms with Crippen molar-refractivity contribution in [1.29, 1.82) is 0 Å². The number of methoxy groups -OCH3 is 1. The molecule has 0 aromatic heterocycles. The van der Waals surface area contributed by atoms with E-state index in [-0.39, 0.29) is 11.7 Å². The van der Waals surface area contributed by atoms with Crippen LogP contribution in [0.15, 0.2) is 30.9 Å². The van der Waals surface area contributed by atoms with Gasteiger partial charge in [0.25, 0.3) is 0 Å². The van der Waals surface area contributed by atoms with Crippen molar-refractivity contribution in [2.75, 3.05) is 13.7 Å². The van der Waals surface area contributed by atoms with Gasteiger partial charge in [0, 0.05) is 12.3 Å². The van der Waals surface area contributed by atoms with Crippen molar-refractivity contribution < 1.29 is 14.3 Å². The van der Waals surface area contributed by atoms with Crippen molar-refractivity contribution in [1.82, 2.24) is 0 Å². The standard InChI is InChI=1S/C15H20O3/c1-5-8-18-14-7-6-12(10-15(14)17-4)9-13(16)11(2)3/h5-7,10-11H,1,8-9H2,2-4H3. The van der Waals surface area contributed by atoms with E-state index in [1.807, 2.05) is 32.0 Å². The monoisotopic (exact) mass is 248 g/mol. The van der Waals surface area contributed by atoms with E-state index in [9.17, 15) is 4.79 Å². The van der Waals surface area contributed by atoms with Gasteiger partial charge in [-0.05, 0) is 17.7 Å². The highest BCUT2D eigenvalue weighted by molar-refractivity contribution is 5.82. The molecule has 18 heavy (non-hydrogen) atoms. The maximum atomic E-state index is 11.7. The van der Waals surface area contributed by atoms with Crippen molar-refractivity contribution >= 4 is 5.78 Å². The van der Waals surface area contributed by atoms with Crippen LogP contribution >= 0.6 is 0 Å². The van der Waals surface area contributed by atoms with E-state index < -0.39 is 0 Å². The van der Waals surface area contributed by atoms with E-state index in [1.165, 1.54) is 0 Å². The quantitative estimate of drug-likeness (QED) is 0.696. The van der Waals surface area contributed by atoms with Gasteiger partial charge in [-0.2, -0.15) is 0 Å².